The van der Waals surface area contributed by atoms with Gasteiger partial charge in [-0.25, -0.2) is 0 Å². The van der Waals surface area contributed by atoms with Gasteiger partial charge in [-0.2, -0.15) is 17.4 Å². The van der Waals surface area contributed by atoms with E-state index in [-0.39, 0.29) is 12.5 Å². The zero-order valence-corrected chi connectivity index (χ0v) is 15.4. The van der Waals surface area contributed by atoms with E-state index in [2.05, 4.69) is 10.0 Å². The van der Waals surface area contributed by atoms with Gasteiger partial charge in [-0.15, -0.1) is 0 Å². The monoisotopic (exact) mass is 341 g/mol. The maximum Gasteiger partial charge on any atom is 0.279 e. The standard InChI is InChI=1S/C16H27N3O3S/c1-6-7-8-19(5)23(21,22)17-11-15(20)18-16-13(3)9-12(2)10-14(16)4/h9-10,17H,6-8,11H2,1-5H3,(H,18,20). The number of amides is 1. The first kappa shape index (κ1) is 19.6. The lowest BCUT2D eigenvalue weighted by Gasteiger charge is -2.17. The fraction of sp³-hybridized carbons (Fsp3) is 0.562. The SMILES string of the molecule is CCCCN(C)S(=O)(=O)NCC(=O)Nc1c(C)cc(C)cc1C. The molecule has 0 aliphatic carbocycles. The number of benzene rings is 1. The summed E-state index contributed by atoms with van der Waals surface area (Å²) >= 11 is 0. The average molecular weight is 341 g/mol. The van der Waals surface area contributed by atoms with E-state index in [4.69, 9.17) is 0 Å². The van der Waals surface area contributed by atoms with E-state index in [9.17, 15) is 13.2 Å². The maximum atomic E-state index is 12.0. The average Bonchev–Trinajstić information content (AvgIpc) is 2.46. The third-order valence-corrected chi connectivity index (χ3v) is 5.11. The Morgan fingerprint density at radius 2 is 1.74 bits per heavy atom. The summed E-state index contributed by atoms with van der Waals surface area (Å²) in [5.41, 5.74) is 3.77. The lowest BCUT2D eigenvalue weighted by Crippen LogP contribution is -2.42. The summed E-state index contributed by atoms with van der Waals surface area (Å²) < 4.78 is 27.6. The van der Waals surface area contributed by atoms with Crippen LogP contribution in [0.5, 0.6) is 0 Å². The van der Waals surface area contributed by atoms with Crippen LogP contribution in [0.2, 0.25) is 0 Å². The molecule has 0 aliphatic rings. The van der Waals surface area contributed by atoms with Crippen molar-refractivity contribution in [3.63, 3.8) is 0 Å². The van der Waals surface area contributed by atoms with Crippen molar-refractivity contribution in [1.29, 1.82) is 0 Å². The van der Waals surface area contributed by atoms with E-state index in [0.717, 1.165) is 35.2 Å². The Kier molecular flexibility index (Phi) is 7.18. The Hall–Kier alpha value is -1.44. The van der Waals surface area contributed by atoms with E-state index in [0.29, 0.717) is 6.54 Å². The van der Waals surface area contributed by atoms with Gasteiger partial charge in [-0.05, 0) is 38.3 Å². The van der Waals surface area contributed by atoms with Crippen LogP contribution in [-0.4, -0.2) is 38.8 Å². The van der Waals surface area contributed by atoms with E-state index in [1.165, 1.54) is 11.4 Å². The molecule has 7 heteroatoms. The molecule has 0 unspecified atom stereocenters. The Labute approximate surface area is 139 Å². The molecular formula is C16H27N3O3S. The number of nitrogens with zero attached hydrogens (tertiary/aromatic N) is 1. The summed E-state index contributed by atoms with van der Waals surface area (Å²) in [7, 11) is -2.12. The molecule has 0 radical (unpaired) electrons. The molecule has 0 saturated carbocycles. The molecule has 130 valence electrons. The van der Waals surface area contributed by atoms with Crippen LogP contribution in [-0.2, 0) is 15.0 Å². The molecule has 0 aromatic heterocycles. The first-order valence-electron chi connectivity index (χ1n) is 7.76. The number of rotatable bonds is 8. The van der Waals surface area contributed by atoms with Gasteiger partial charge in [-0.3, -0.25) is 4.79 Å². The number of anilines is 1. The van der Waals surface area contributed by atoms with Crippen LogP contribution >= 0.6 is 0 Å². The third kappa shape index (κ3) is 5.93. The van der Waals surface area contributed by atoms with E-state index in [1.807, 2.05) is 39.8 Å². The summed E-state index contributed by atoms with van der Waals surface area (Å²) in [6.07, 6.45) is 1.69. The van der Waals surface area contributed by atoms with E-state index >= 15 is 0 Å². The summed E-state index contributed by atoms with van der Waals surface area (Å²) in [6.45, 7) is 7.96. The molecule has 0 heterocycles. The van der Waals surface area contributed by atoms with Gasteiger partial charge in [0, 0.05) is 19.3 Å². The molecule has 1 amide bonds. The molecule has 0 bridgehead atoms. The number of nitrogens with one attached hydrogen (secondary N) is 2. The van der Waals surface area contributed by atoms with Crippen molar-refractivity contribution < 1.29 is 13.2 Å². The van der Waals surface area contributed by atoms with Crippen molar-refractivity contribution in [1.82, 2.24) is 9.03 Å². The molecule has 2 N–H and O–H groups in total. The molecule has 1 aromatic carbocycles. The second-order valence-electron chi connectivity index (χ2n) is 5.82. The lowest BCUT2D eigenvalue weighted by molar-refractivity contribution is -0.115. The highest BCUT2D eigenvalue weighted by molar-refractivity contribution is 7.87. The molecule has 1 aromatic rings. The highest BCUT2D eigenvalue weighted by atomic mass is 32.2. The number of hydrogen-bond donors (Lipinski definition) is 2. The maximum absolute atomic E-state index is 12.0. The van der Waals surface area contributed by atoms with Gasteiger partial charge in [0.2, 0.25) is 5.91 Å². The summed E-state index contributed by atoms with van der Waals surface area (Å²) in [5.74, 6) is -0.382. The van der Waals surface area contributed by atoms with Gasteiger partial charge in [0.25, 0.3) is 10.2 Å². The topological polar surface area (TPSA) is 78.5 Å². The van der Waals surface area contributed by atoms with Crippen molar-refractivity contribution in [3.8, 4) is 0 Å². The van der Waals surface area contributed by atoms with Crippen LogP contribution in [0.25, 0.3) is 0 Å². The van der Waals surface area contributed by atoms with Gasteiger partial charge in [0.05, 0.1) is 6.54 Å². The molecule has 0 spiro atoms. The Morgan fingerprint density at radius 3 is 2.26 bits per heavy atom. The second kappa shape index (κ2) is 8.42. The smallest absolute Gasteiger partial charge is 0.279 e. The van der Waals surface area contributed by atoms with Crippen LogP contribution in [0.15, 0.2) is 12.1 Å². The van der Waals surface area contributed by atoms with Crippen LogP contribution in [0.1, 0.15) is 36.5 Å². The minimum absolute atomic E-state index is 0.286. The number of aryl methyl sites for hydroxylation is 3. The molecule has 0 atom stereocenters. The van der Waals surface area contributed by atoms with Crippen LogP contribution in [0, 0.1) is 20.8 Å². The highest BCUT2D eigenvalue weighted by Gasteiger charge is 2.18. The highest BCUT2D eigenvalue weighted by Crippen LogP contribution is 2.21. The molecule has 0 fully saturated rings. The summed E-state index contributed by atoms with van der Waals surface area (Å²) in [5, 5.41) is 2.78. The van der Waals surface area contributed by atoms with E-state index < -0.39 is 10.2 Å². The van der Waals surface area contributed by atoms with Crippen LogP contribution in [0.3, 0.4) is 0 Å². The Morgan fingerprint density at radius 1 is 1.17 bits per heavy atom. The molecule has 6 nitrogen and oxygen atoms in total. The second-order valence-corrected chi connectivity index (χ2v) is 7.69. The summed E-state index contributed by atoms with van der Waals surface area (Å²) in [6, 6.07) is 3.95. The van der Waals surface area contributed by atoms with Crippen LogP contribution < -0.4 is 10.0 Å². The van der Waals surface area contributed by atoms with Crippen molar-refractivity contribution in [3.05, 3.63) is 28.8 Å². The van der Waals surface area contributed by atoms with Gasteiger partial charge in [0.15, 0.2) is 0 Å². The third-order valence-electron chi connectivity index (χ3n) is 3.59. The molecule has 0 saturated heterocycles. The van der Waals surface area contributed by atoms with Crippen LogP contribution in [0.4, 0.5) is 5.69 Å². The number of carbonyl (C=O) groups is 1. The number of carbonyl (C=O) groups excluding carboxylic acids is 1. The number of hydrogen-bond acceptors (Lipinski definition) is 3. The van der Waals surface area contributed by atoms with Crippen molar-refractivity contribution in [2.45, 2.75) is 40.5 Å². The zero-order chi connectivity index (χ0) is 17.6. The van der Waals surface area contributed by atoms with Gasteiger partial charge in [-0.1, -0.05) is 31.0 Å². The Bertz CT molecular complexity index is 634. The molecule has 0 aliphatic heterocycles. The number of unbranched alkanes of at least 4 members (excludes halogenated alkanes) is 1. The van der Waals surface area contributed by atoms with Crippen molar-refractivity contribution in [2.24, 2.45) is 0 Å². The molecule has 1 rings (SSSR count). The van der Waals surface area contributed by atoms with Gasteiger partial charge in [0.1, 0.15) is 0 Å². The quantitative estimate of drug-likeness (QED) is 0.760. The minimum atomic E-state index is -3.62. The fourth-order valence-corrected chi connectivity index (χ4v) is 3.23. The van der Waals surface area contributed by atoms with Gasteiger partial charge >= 0.3 is 0 Å². The zero-order valence-electron chi connectivity index (χ0n) is 14.6. The van der Waals surface area contributed by atoms with Crippen molar-refractivity contribution >= 4 is 21.8 Å². The fourth-order valence-electron chi connectivity index (χ4n) is 2.33. The predicted octanol–water partition coefficient (Wildman–Crippen LogP) is 2.12. The van der Waals surface area contributed by atoms with Gasteiger partial charge < -0.3 is 5.32 Å². The lowest BCUT2D eigenvalue weighted by atomic mass is 10.1. The normalized spacial score (nSPS) is 11.7. The largest absolute Gasteiger partial charge is 0.324 e. The van der Waals surface area contributed by atoms with Crippen molar-refractivity contribution in [2.75, 3.05) is 25.5 Å². The first-order chi connectivity index (χ1) is 10.7. The Balaban J connectivity index is 2.65. The summed E-state index contributed by atoms with van der Waals surface area (Å²) in [4.78, 5) is 12.0. The van der Waals surface area contributed by atoms with E-state index in [1.54, 1.807) is 0 Å². The molecular weight excluding hydrogens is 314 g/mol. The predicted molar refractivity (Wildman–Crippen MR) is 93.7 cm³/mol. The molecule has 23 heavy (non-hydrogen) atoms. The minimum Gasteiger partial charge on any atom is -0.324 e. The first-order valence-corrected chi connectivity index (χ1v) is 9.20.